The predicted molar refractivity (Wildman–Crippen MR) is 107 cm³/mol. The van der Waals surface area contributed by atoms with Crippen molar-refractivity contribution < 1.29 is 26.9 Å². The van der Waals surface area contributed by atoms with E-state index in [-0.39, 0.29) is 35.3 Å². The number of rotatable bonds is 5. The lowest BCUT2D eigenvalue weighted by Gasteiger charge is -2.30. The van der Waals surface area contributed by atoms with Crippen molar-refractivity contribution in [2.24, 2.45) is 5.92 Å². The average Bonchev–Trinajstić information content (AvgIpc) is 3.03. The van der Waals surface area contributed by atoms with Gasteiger partial charge in [0, 0.05) is 31.6 Å². The molecule has 0 saturated carbocycles. The number of anilines is 2. The van der Waals surface area contributed by atoms with Gasteiger partial charge >= 0.3 is 0 Å². The van der Waals surface area contributed by atoms with Gasteiger partial charge in [-0.25, -0.2) is 12.8 Å². The topological polar surface area (TPSA) is 122 Å². The Hall–Kier alpha value is -2.79. The number of amides is 2. The molecule has 0 radical (unpaired) electrons. The molecule has 3 rings (SSSR count). The van der Waals surface area contributed by atoms with Gasteiger partial charge in [-0.3, -0.25) is 9.59 Å². The van der Waals surface area contributed by atoms with Crippen LogP contribution in [0.2, 0.25) is 0 Å². The molecule has 2 heterocycles. The van der Waals surface area contributed by atoms with Gasteiger partial charge in [-0.1, -0.05) is 5.16 Å². The zero-order valence-electron chi connectivity index (χ0n) is 16.9. The number of hydrogen-bond donors (Lipinski definition) is 2. The van der Waals surface area contributed by atoms with Crippen molar-refractivity contribution in [2.75, 3.05) is 23.7 Å². The minimum atomic E-state index is -3.77. The van der Waals surface area contributed by atoms with E-state index in [1.54, 1.807) is 6.92 Å². The Balaban J connectivity index is 1.66. The first-order chi connectivity index (χ1) is 14.1. The second kappa shape index (κ2) is 8.52. The van der Waals surface area contributed by atoms with Crippen molar-refractivity contribution in [1.82, 2.24) is 9.46 Å². The first kappa shape index (κ1) is 21.9. The third-order valence-electron chi connectivity index (χ3n) is 4.94. The summed E-state index contributed by atoms with van der Waals surface area (Å²) in [5.41, 5.74) is 0.610. The second-order valence-electron chi connectivity index (χ2n) is 7.20. The fourth-order valence-electron chi connectivity index (χ4n) is 3.47. The van der Waals surface area contributed by atoms with Crippen molar-refractivity contribution in [3.63, 3.8) is 0 Å². The molecule has 0 spiro atoms. The normalized spacial score (nSPS) is 15.7. The van der Waals surface area contributed by atoms with E-state index in [2.05, 4.69) is 15.8 Å². The molecule has 2 amide bonds. The molecule has 1 aromatic heterocycles. The molecule has 11 heteroatoms. The van der Waals surface area contributed by atoms with Crippen LogP contribution in [0.1, 0.15) is 31.2 Å². The quantitative estimate of drug-likeness (QED) is 0.739. The minimum absolute atomic E-state index is 0.0444. The first-order valence-corrected chi connectivity index (χ1v) is 10.8. The standard InChI is InChI=1S/C19H23FN4O5S/c1-11-18(12(2)29-23-11)30(27,28)24-8-6-14(7-9-24)19(26)22-17-10-15(21-13(3)25)4-5-16(17)20/h4-5,10,14H,6-9H2,1-3H3,(H,21,25)(H,22,26). The molecular weight excluding hydrogens is 415 g/mol. The van der Waals surface area contributed by atoms with Crippen molar-refractivity contribution >= 4 is 33.2 Å². The van der Waals surface area contributed by atoms with Crippen molar-refractivity contribution in [3.05, 3.63) is 35.5 Å². The van der Waals surface area contributed by atoms with Crippen LogP contribution in [0.4, 0.5) is 15.8 Å². The predicted octanol–water partition coefficient (Wildman–Crippen LogP) is 2.43. The number of benzene rings is 1. The molecule has 1 fully saturated rings. The number of nitrogens with zero attached hydrogens (tertiary/aromatic N) is 2. The van der Waals surface area contributed by atoms with Gasteiger partial charge in [0.15, 0.2) is 5.76 Å². The highest BCUT2D eigenvalue weighted by molar-refractivity contribution is 7.89. The lowest BCUT2D eigenvalue weighted by molar-refractivity contribution is -0.121. The van der Waals surface area contributed by atoms with Gasteiger partial charge in [0.25, 0.3) is 0 Å². The Morgan fingerprint density at radius 2 is 1.87 bits per heavy atom. The van der Waals surface area contributed by atoms with Gasteiger partial charge in [0.05, 0.1) is 5.69 Å². The monoisotopic (exact) mass is 438 g/mol. The molecule has 0 unspecified atom stereocenters. The Bertz CT molecular complexity index is 1060. The maximum absolute atomic E-state index is 14.1. The minimum Gasteiger partial charge on any atom is -0.360 e. The third kappa shape index (κ3) is 4.51. The van der Waals surface area contributed by atoms with Gasteiger partial charge < -0.3 is 15.2 Å². The van der Waals surface area contributed by atoms with E-state index in [0.29, 0.717) is 24.2 Å². The van der Waals surface area contributed by atoms with Crippen LogP contribution in [0, 0.1) is 25.6 Å². The maximum Gasteiger partial charge on any atom is 0.248 e. The number of nitrogens with one attached hydrogen (secondary N) is 2. The Kier molecular flexibility index (Phi) is 6.22. The Labute approximate surface area is 173 Å². The maximum atomic E-state index is 14.1. The summed E-state index contributed by atoms with van der Waals surface area (Å²) in [6.07, 6.45) is 0.586. The van der Waals surface area contributed by atoms with Crippen LogP contribution in [0.5, 0.6) is 0 Å². The summed E-state index contributed by atoms with van der Waals surface area (Å²) in [4.78, 5) is 23.8. The largest absolute Gasteiger partial charge is 0.360 e. The van der Waals surface area contributed by atoms with E-state index >= 15 is 0 Å². The van der Waals surface area contributed by atoms with E-state index in [4.69, 9.17) is 4.52 Å². The van der Waals surface area contributed by atoms with Gasteiger partial charge in [-0.05, 0) is 44.9 Å². The summed E-state index contributed by atoms with van der Waals surface area (Å²) < 4.78 is 46.1. The van der Waals surface area contributed by atoms with E-state index in [1.165, 1.54) is 30.3 Å². The highest BCUT2D eigenvalue weighted by atomic mass is 32.2. The molecule has 0 atom stereocenters. The van der Waals surface area contributed by atoms with E-state index in [1.807, 2.05) is 0 Å². The van der Waals surface area contributed by atoms with Crippen LogP contribution in [0.3, 0.4) is 0 Å². The molecule has 1 saturated heterocycles. The second-order valence-corrected chi connectivity index (χ2v) is 9.07. The summed E-state index contributed by atoms with van der Waals surface area (Å²) in [5.74, 6) is -1.59. The van der Waals surface area contributed by atoms with Gasteiger partial charge in [0.1, 0.15) is 16.4 Å². The van der Waals surface area contributed by atoms with Crippen molar-refractivity contribution in [2.45, 2.75) is 38.5 Å². The van der Waals surface area contributed by atoms with Gasteiger partial charge in [0.2, 0.25) is 21.8 Å². The zero-order valence-corrected chi connectivity index (χ0v) is 17.7. The molecule has 0 aliphatic carbocycles. The molecule has 1 aliphatic rings. The number of sulfonamides is 1. The number of aromatic nitrogens is 1. The Morgan fingerprint density at radius 3 is 2.43 bits per heavy atom. The number of aryl methyl sites for hydroxylation is 2. The molecule has 2 aromatic rings. The highest BCUT2D eigenvalue weighted by Crippen LogP contribution is 2.28. The summed E-state index contributed by atoms with van der Waals surface area (Å²) in [5, 5.41) is 8.76. The first-order valence-electron chi connectivity index (χ1n) is 9.40. The number of carbonyl (C=O) groups excluding carboxylic acids is 2. The summed E-state index contributed by atoms with van der Waals surface area (Å²) in [6.45, 7) is 4.73. The van der Waals surface area contributed by atoms with Crippen LogP contribution < -0.4 is 10.6 Å². The SMILES string of the molecule is CC(=O)Nc1ccc(F)c(NC(=O)C2CCN(S(=O)(=O)c3c(C)noc3C)CC2)c1. The molecule has 2 N–H and O–H groups in total. The van der Waals surface area contributed by atoms with E-state index in [9.17, 15) is 22.4 Å². The molecule has 1 aromatic carbocycles. The fourth-order valence-corrected chi connectivity index (χ4v) is 5.23. The molecule has 9 nitrogen and oxygen atoms in total. The third-order valence-corrected chi connectivity index (χ3v) is 7.08. The summed E-state index contributed by atoms with van der Waals surface area (Å²) in [7, 11) is -3.77. The lowest BCUT2D eigenvalue weighted by atomic mass is 9.97. The van der Waals surface area contributed by atoms with Crippen molar-refractivity contribution in [3.8, 4) is 0 Å². The van der Waals surface area contributed by atoms with E-state index < -0.39 is 27.7 Å². The number of piperidine rings is 1. The van der Waals surface area contributed by atoms with Crippen LogP contribution in [-0.2, 0) is 19.6 Å². The molecular formula is C19H23FN4O5S. The smallest absolute Gasteiger partial charge is 0.248 e. The summed E-state index contributed by atoms with van der Waals surface area (Å²) in [6, 6.07) is 3.88. The van der Waals surface area contributed by atoms with Gasteiger partial charge in [-0.15, -0.1) is 0 Å². The molecule has 30 heavy (non-hydrogen) atoms. The average molecular weight is 438 g/mol. The fraction of sp³-hybridized carbons (Fsp3) is 0.421. The van der Waals surface area contributed by atoms with Gasteiger partial charge in [-0.2, -0.15) is 4.31 Å². The number of hydrogen-bond acceptors (Lipinski definition) is 6. The van der Waals surface area contributed by atoms with E-state index in [0.717, 1.165) is 6.07 Å². The molecule has 162 valence electrons. The van der Waals surface area contributed by atoms with Crippen LogP contribution in [0.25, 0.3) is 0 Å². The summed E-state index contributed by atoms with van der Waals surface area (Å²) >= 11 is 0. The highest BCUT2D eigenvalue weighted by Gasteiger charge is 2.35. The lowest BCUT2D eigenvalue weighted by Crippen LogP contribution is -2.41. The Morgan fingerprint density at radius 1 is 1.20 bits per heavy atom. The van der Waals surface area contributed by atoms with Crippen molar-refractivity contribution in [1.29, 1.82) is 0 Å². The molecule has 1 aliphatic heterocycles. The van der Waals surface area contributed by atoms with Crippen LogP contribution in [0.15, 0.2) is 27.6 Å². The number of halogens is 1. The van der Waals surface area contributed by atoms with Crippen LogP contribution in [-0.4, -0.2) is 42.8 Å². The van der Waals surface area contributed by atoms with Crippen LogP contribution >= 0.6 is 0 Å². The zero-order chi connectivity index (χ0) is 22.1. The molecule has 0 bridgehead atoms. The number of carbonyl (C=O) groups is 2.